The van der Waals surface area contributed by atoms with Crippen molar-refractivity contribution in [2.24, 2.45) is 0 Å². The molecule has 4 rings (SSSR count). The fraction of sp³-hybridized carbons (Fsp3) is 0.500. The lowest BCUT2D eigenvalue weighted by Gasteiger charge is -2.44. The highest BCUT2D eigenvalue weighted by Crippen LogP contribution is 2.38. The smallest absolute Gasteiger partial charge is 0.290 e. The first-order valence-electron chi connectivity index (χ1n) is 12.9. The average Bonchev–Trinajstić information content (AvgIpc) is 3.24. The van der Waals surface area contributed by atoms with Crippen molar-refractivity contribution >= 4 is 23.4 Å². The Balaban J connectivity index is 1.58. The highest BCUT2D eigenvalue weighted by molar-refractivity contribution is 6.38. The first-order valence-corrected chi connectivity index (χ1v) is 12.9. The summed E-state index contributed by atoms with van der Waals surface area (Å²) in [6, 6.07) is 8.12. The summed E-state index contributed by atoms with van der Waals surface area (Å²) < 4.78 is 18.8. The molecule has 0 N–H and O–H groups in total. The summed E-state index contributed by atoms with van der Waals surface area (Å²) in [7, 11) is 4.87. The predicted molar refractivity (Wildman–Crippen MR) is 142 cm³/mol. The van der Waals surface area contributed by atoms with Gasteiger partial charge in [-0.1, -0.05) is 12.1 Å². The van der Waals surface area contributed by atoms with Gasteiger partial charge in [-0.3, -0.25) is 19.3 Å². The number of halogens is 1. The van der Waals surface area contributed by atoms with E-state index in [-0.39, 0.29) is 35.3 Å². The molecule has 3 heterocycles. The summed E-state index contributed by atoms with van der Waals surface area (Å²) in [6.07, 6.45) is 0. The number of anilines is 1. The SMILES string of the molecule is CCN(C)C(=O)C(=O)C1CN(C)c2nc(OC)c(C(=O)N3C[C@H](C)N(Cc4ccc(F)cc4)C[C@H]3C)cc21. The lowest BCUT2D eigenvalue weighted by Crippen LogP contribution is -2.57. The van der Waals surface area contributed by atoms with Crippen LogP contribution >= 0.6 is 0 Å². The quantitative estimate of drug-likeness (QED) is 0.514. The number of fused-ring (bicyclic) bond motifs is 1. The third kappa shape index (κ3) is 5.22. The highest BCUT2D eigenvalue weighted by Gasteiger charge is 2.40. The van der Waals surface area contributed by atoms with Crippen LogP contribution in [0.3, 0.4) is 0 Å². The van der Waals surface area contributed by atoms with E-state index in [1.54, 1.807) is 32.3 Å². The zero-order valence-corrected chi connectivity index (χ0v) is 22.9. The van der Waals surface area contributed by atoms with Crippen LogP contribution in [0.25, 0.3) is 0 Å². The van der Waals surface area contributed by atoms with Crippen molar-refractivity contribution in [3.63, 3.8) is 0 Å². The number of nitrogens with zero attached hydrogens (tertiary/aromatic N) is 5. The predicted octanol–water partition coefficient (Wildman–Crippen LogP) is 2.55. The Morgan fingerprint density at radius 1 is 1.11 bits per heavy atom. The van der Waals surface area contributed by atoms with Crippen LogP contribution in [0.2, 0.25) is 0 Å². The fourth-order valence-electron chi connectivity index (χ4n) is 5.22. The van der Waals surface area contributed by atoms with Gasteiger partial charge in [-0.25, -0.2) is 4.39 Å². The Morgan fingerprint density at radius 3 is 2.42 bits per heavy atom. The summed E-state index contributed by atoms with van der Waals surface area (Å²) in [5, 5.41) is 0. The second-order valence-corrected chi connectivity index (χ2v) is 10.3. The van der Waals surface area contributed by atoms with Crippen molar-refractivity contribution in [3.05, 3.63) is 52.8 Å². The number of ether oxygens (including phenoxy) is 1. The van der Waals surface area contributed by atoms with Crippen LogP contribution in [-0.4, -0.2) is 96.7 Å². The number of hydrogen-bond donors (Lipinski definition) is 0. The van der Waals surface area contributed by atoms with Crippen molar-refractivity contribution in [2.75, 3.05) is 52.3 Å². The van der Waals surface area contributed by atoms with E-state index < -0.39 is 17.6 Å². The molecular formula is C28H36FN5O4. The van der Waals surface area contributed by atoms with E-state index in [1.807, 2.05) is 23.6 Å². The molecule has 1 unspecified atom stereocenters. The Bertz CT molecular complexity index is 1220. The number of pyridine rings is 1. The lowest BCUT2D eigenvalue weighted by atomic mass is 9.95. The minimum absolute atomic E-state index is 0.0660. The van der Waals surface area contributed by atoms with Crippen molar-refractivity contribution in [1.29, 1.82) is 0 Å². The number of ketones is 1. The zero-order valence-electron chi connectivity index (χ0n) is 22.9. The third-order valence-corrected chi connectivity index (χ3v) is 7.64. The molecule has 1 fully saturated rings. The number of Topliss-reactive ketones (excluding diaryl/α,β-unsaturated/α-hetero) is 1. The van der Waals surface area contributed by atoms with Crippen LogP contribution in [0.1, 0.15) is 48.2 Å². The van der Waals surface area contributed by atoms with Gasteiger partial charge in [0.15, 0.2) is 0 Å². The standard InChI is InChI=1S/C28H36FN5O4/c1-7-31(4)28(37)24(35)23-16-32(5)25-21(23)12-22(26(30-25)38-6)27(36)34-14-17(2)33(13-18(34)3)15-19-8-10-20(29)11-9-19/h8-12,17-18,23H,7,13-16H2,1-6H3/t17-,18+,23?/m0/s1. The van der Waals surface area contributed by atoms with Gasteiger partial charge in [-0.15, -0.1) is 0 Å². The topological polar surface area (TPSA) is 86.3 Å². The van der Waals surface area contributed by atoms with Gasteiger partial charge in [0.05, 0.1) is 13.0 Å². The second-order valence-electron chi connectivity index (χ2n) is 10.3. The first-order chi connectivity index (χ1) is 18.0. The molecule has 3 atom stereocenters. The summed E-state index contributed by atoms with van der Waals surface area (Å²) in [5.41, 5.74) is 1.86. The van der Waals surface area contributed by atoms with E-state index >= 15 is 0 Å². The molecule has 2 aliphatic rings. The molecule has 9 nitrogen and oxygen atoms in total. The summed E-state index contributed by atoms with van der Waals surface area (Å²) >= 11 is 0. The largest absolute Gasteiger partial charge is 0.480 e. The number of hydrogen-bond acceptors (Lipinski definition) is 7. The number of piperazine rings is 1. The van der Waals surface area contributed by atoms with Crippen LogP contribution in [0.15, 0.2) is 30.3 Å². The molecule has 2 amide bonds. The molecule has 2 aliphatic heterocycles. The molecule has 1 aromatic heterocycles. The second kappa shape index (κ2) is 11.1. The van der Waals surface area contributed by atoms with Crippen molar-refractivity contribution < 1.29 is 23.5 Å². The maximum Gasteiger partial charge on any atom is 0.290 e. The van der Waals surface area contributed by atoms with Crippen LogP contribution in [0.5, 0.6) is 5.88 Å². The number of benzene rings is 1. The van der Waals surface area contributed by atoms with Gasteiger partial charge in [-0.05, 0) is 44.5 Å². The number of likely N-dealkylation sites (N-methyl/N-ethyl adjacent to an activating group) is 2. The summed E-state index contributed by atoms with van der Waals surface area (Å²) in [6.45, 7) is 8.39. The van der Waals surface area contributed by atoms with E-state index in [2.05, 4.69) is 16.8 Å². The fourth-order valence-corrected chi connectivity index (χ4v) is 5.22. The average molecular weight is 526 g/mol. The summed E-state index contributed by atoms with van der Waals surface area (Å²) in [4.78, 5) is 51.5. The number of methoxy groups -OCH3 is 1. The lowest BCUT2D eigenvalue weighted by molar-refractivity contribution is -0.144. The molecule has 1 saturated heterocycles. The van der Waals surface area contributed by atoms with Gasteiger partial charge in [0, 0.05) is 64.5 Å². The van der Waals surface area contributed by atoms with E-state index in [1.165, 1.54) is 24.1 Å². The Labute approximate surface area is 223 Å². The molecule has 0 spiro atoms. The van der Waals surface area contributed by atoms with Crippen LogP contribution in [-0.2, 0) is 16.1 Å². The number of aromatic nitrogens is 1. The maximum absolute atomic E-state index is 13.9. The zero-order chi connectivity index (χ0) is 27.7. The molecule has 10 heteroatoms. The maximum atomic E-state index is 13.9. The van der Waals surface area contributed by atoms with Crippen molar-refractivity contribution in [1.82, 2.24) is 19.7 Å². The number of carbonyl (C=O) groups is 3. The normalized spacial score (nSPS) is 21.3. The minimum atomic E-state index is -0.703. The highest BCUT2D eigenvalue weighted by atomic mass is 19.1. The van der Waals surface area contributed by atoms with Crippen LogP contribution < -0.4 is 9.64 Å². The molecule has 204 valence electrons. The molecule has 0 radical (unpaired) electrons. The van der Waals surface area contributed by atoms with Gasteiger partial charge >= 0.3 is 0 Å². The molecule has 2 aromatic rings. The van der Waals surface area contributed by atoms with E-state index in [9.17, 15) is 18.8 Å². The van der Waals surface area contributed by atoms with Gasteiger partial charge in [0.1, 0.15) is 17.2 Å². The Kier molecular flexibility index (Phi) is 8.01. The third-order valence-electron chi connectivity index (χ3n) is 7.64. The molecule has 0 aliphatic carbocycles. The molecular weight excluding hydrogens is 489 g/mol. The number of carbonyl (C=O) groups excluding carboxylic acids is 3. The minimum Gasteiger partial charge on any atom is -0.480 e. The van der Waals surface area contributed by atoms with Crippen molar-refractivity contribution in [3.8, 4) is 5.88 Å². The van der Waals surface area contributed by atoms with E-state index in [4.69, 9.17) is 4.74 Å². The number of amides is 2. The summed E-state index contributed by atoms with van der Waals surface area (Å²) in [5.74, 6) is -1.53. The molecule has 1 aromatic carbocycles. The van der Waals surface area contributed by atoms with Gasteiger partial charge in [-0.2, -0.15) is 4.98 Å². The Hall–Kier alpha value is -3.53. The number of rotatable bonds is 7. The van der Waals surface area contributed by atoms with Gasteiger partial charge < -0.3 is 19.4 Å². The van der Waals surface area contributed by atoms with Crippen molar-refractivity contribution in [2.45, 2.75) is 45.3 Å². The monoisotopic (exact) mass is 525 g/mol. The van der Waals surface area contributed by atoms with E-state index in [0.717, 1.165) is 5.56 Å². The van der Waals surface area contributed by atoms with Gasteiger partial charge in [0.2, 0.25) is 11.7 Å². The van der Waals surface area contributed by atoms with Crippen LogP contribution in [0.4, 0.5) is 10.2 Å². The molecule has 0 saturated carbocycles. The first kappa shape index (κ1) is 27.5. The van der Waals surface area contributed by atoms with Crippen LogP contribution in [0, 0.1) is 5.82 Å². The molecule has 0 bridgehead atoms. The van der Waals surface area contributed by atoms with E-state index in [0.29, 0.717) is 44.1 Å². The Morgan fingerprint density at radius 2 is 1.79 bits per heavy atom. The molecule has 38 heavy (non-hydrogen) atoms. The van der Waals surface area contributed by atoms with Gasteiger partial charge in [0.25, 0.3) is 11.8 Å².